The summed E-state index contributed by atoms with van der Waals surface area (Å²) in [5.74, 6) is -0.544. The van der Waals surface area contributed by atoms with Gasteiger partial charge in [-0.25, -0.2) is 9.59 Å². The molecule has 0 radical (unpaired) electrons. The number of benzene rings is 2. The summed E-state index contributed by atoms with van der Waals surface area (Å²) in [5.41, 5.74) is -3.72. The third kappa shape index (κ3) is 4.63. The summed E-state index contributed by atoms with van der Waals surface area (Å²) in [6.45, 7) is 14.7. The van der Waals surface area contributed by atoms with Gasteiger partial charge in [0.2, 0.25) is 11.2 Å². The van der Waals surface area contributed by atoms with E-state index in [9.17, 15) is 19.2 Å². The van der Waals surface area contributed by atoms with Gasteiger partial charge in [-0.3, -0.25) is 9.59 Å². The van der Waals surface area contributed by atoms with Crippen LogP contribution in [0.1, 0.15) is 104 Å². The zero-order valence-corrected chi connectivity index (χ0v) is 32.2. The Kier molecular flexibility index (Phi) is 8.62. The van der Waals surface area contributed by atoms with E-state index in [0.717, 1.165) is 0 Å². The molecule has 2 heterocycles. The van der Waals surface area contributed by atoms with Crippen molar-refractivity contribution in [1.29, 1.82) is 0 Å². The van der Waals surface area contributed by atoms with Crippen LogP contribution in [0.2, 0.25) is 0 Å². The topological polar surface area (TPSA) is 142 Å². The molecule has 6 atom stereocenters. The van der Waals surface area contributed by atoms with Gasteiger partial charge in [-0.1, -0.05) is 27.7 Å². The molecule has 6 rings (SSSR count). The number of methoxy groups -OCH3 is 4. The van der Waals surface area contributed by atoms with Crippen LogP contribution in [0.15, 0.2) is 24.3 Å². The lowest BCUT2D eigenvalue weighted by Gasteiger charge is -2.35. The highest BCUT2D eigenvalue weighted by atomic mass is 16.6. The maximum Gasteiger partial charge on any atom is 0.351 e. The molecule has 12 nitrogen and oxygen atoms in total. The molecule has 0 amide bonds. The molecule has 12 heteroatoms. The Balaban J connectivity index is 1.37. The van der Waals surface area contributed by atoms with Crippen LogP contribution in [0.5, 0.6) is 23.0 Å². The molecule has 2 saturated heterocycles. The van der Waals surface area contributed by atoms with Gasteiger partial charge in [0.1, 0.15) is 12.2 Å². The summed E-state index contributed by atoms with van der Waals surface area (Å²) in [6, 6.07) is 7.05. The molecular formula is C40H50O12. The van der Waals surface area contributed by atoms with Crippen molar-refractivity contribution in [2.75, 3.05) is 28.4 Å². The fourth-order valence-electron chi connectivity index (χ4n) is 8.89. The van der Waals surface area contributed by atoms with E-state index in [1.165, 1.54) is 28.4 Å². The van der Waals surface area contributed by atoms with Crippen LogP contribution in [0.4, 0.5) is 0 Å². The number of carbonyl (C=O) groups is 4. The molecular weight excluding hydrogens is 672 g/mol. The van der Waals surface area contributed by atoms with Crippen molar-refractivity contribution in [3.8, 4) is 34.1 Å². The lowest BCUT2D eigenvalue weighted by Crippen LogP contribution is -2.49. The van der Waals surface area contributed by atoms with E-state index in [-0.39, 0.29) is 0 Å². The fourth-order valence-corrected chi connectivity index (χ4v) is 8.89. The Bertz CT molecular complexity index is 1730. The number of rotatable bonds is 11. The van der Waals surface area contributed by atoms with Crippen molar-refractivity contribution < 1.29 is 57.1 Å². The number of hydrogen-bond donors (Lipinski definition) is 0. The summed E-state index contributed by atoms with van der Waals surface area (Å²) in [5, 5.41) is 0. The summed E-state index contributed by atoms with van der Waals surface area (Å²) in [7, 11) is 6.02. The van der Waals surface area contributed by atoms with Crippen LogP contribution in [-0.4, -0.2) is 63.5 Å². The molecule has 2 aliphatic carbocycles. The van der Waals surface area contributed by atoms with Gasteiger partial charge in [-0.15, -0.1) is 0 Å². The number of fused-ring (bicyclic) bond motifs is 4. The largest absolute Gasteiger partial charge is 0.493 e. The van der Waals surface area contributed by atoms with Crippen molar-refractivity contribution >= 4 is 23.9 Å². The van der Waals surface area contributed by atoms with Crippen molar-refractivity contribution in [3.05, 3.63) is 35.4 Å². The second-order valence-electron chi connectivity index (χ2n) is 16.1. The lowest BCUT2D eigenvalue weighted by atomic mass is 9.66. The first-order valence-corrected chi connectivity index (χ1v) is 17.7. The summed E-state index contributed by atoms with van der Waals surface area (Å²) < 4.78 is 47.0. The highest BCUT2D eigenvalue weighted by Gasteiger charge is 2.77. The van der Waals surface area contributed by atoms with E-state index in [1.54, 1.807) is 38.1 Å². The van der Waals surface area contributed by atoms with E-state index >= 15 is 0 Å². The highest BCUT2D eigenvalue weighted by molar-refractivity contribution is 5.95. The molecule has 2 aromatic carbocycles. The van der Waals surface area contributed by atoms with Crippen molar-refractivity contribution in [1.82, 2.24) is 0 Å². The van der Waals surface area contributed by atoms with E-state index in [4.69, 9.17) is 37.9 Å². The first-order chi connectivity index (χ1) is 24.3. The van der Waals surface area contributed by atoms with Gasteiger partial charge >= 0.3 is 23.9 Å². The third-order valence-electron chi connectivity index (χ3n) is 13.6. The number of hydrogen-bond acceptors (Lipinski definition) is 12. The molecule has 0 unspecified atom stereocenters. The Morgan fingerprint density at radius 2 is 0.923 bits per heavy atom. The minimum Gasteiger partial charge on any atom is -0.493 e. The minimum absolute atomic E-state index is 0.358. The van der Waals surface area contributed by atoms with Gasteiger partial charge in [-0.05, 0) is 88.8 Å². The smallest absolute Gasteiger partial charge is 0.351 e. The molecule has 2 aliphatic heterocycles. The molecule has 52 heavy (non-hydrogen) atoms. The summed E-state index contributed by atoms with van der Waals surface area (Å²) in [4.78, 5) is 53.5. The number of carbonyl (C=O) groups excluding carboxylic acids is 4. The first kappa shape index (κ1) is 37.3. The second kappa shape index (κ2) is 12.0. The van der Waals surface area contributed by atoms with Crippen LogP contribution in [0, 0.1) is 21.7 Å². The van der Waals surface area contributed by atoms with Crippen LogP contribution >= 0.6 is 0 Å². The quantitative estimate of drug-likeness (QED) is 0.177. The fraction of sp³-hybridized carbons (Fsp3) is 0.600. The van der Waals surface area contributed by atoms with Crippen molar-refractivity contribution in [2.24, 2.45) is 21.7 Å². The van der Waals surface area contributed by atoms with E-state index in [2.05, 4.69) is 0 Å². The first-order valence-electron chi connectivity index (χ1n) is 17.7. The summed E-state index contributed by atoms with van der Waals surface area (Å²) in [6.07, 6.45) is 0.199. The van der Waals surface area contributed by atoms with E-state index in [0.29, 0.717) is 70.9 Å². The SMILES string of the molecule is COc1cc([C@H](C)OC(=O)[C@]23CC[C@](C)(C(=O)O2)C3(C)C)cc(-c2cc([C@H](C)OC(=O)[C@]34CC[C@](C)(C(=O)O3)C4(C)C)cc(OC)c2OC)c1OC. The minimum atomic E-state index is -1.40. The number of esters is 4. The predicted octanol–water partition coefficient (Wildman–Crippen LogP) is 6.84. The second-order valence-corrected chi connectivity index (χ2v) is 16.1. The number of ether oxygens (including phenoxy) is 8. The molecule has 4 bridgehead atoms. The third-order valence-corrected chi connectivity index (χ3v) is 13.6. The van der Waals surface area contributed by atoms with Crippen LogP contribution in [0.25, 0.3) is 11.1 Å². The normalized spacial score (nSPS) is 30.2. The Morgan fingerprint density at radius 3 is 1.17 bits per heavy atom. The lowest BCUT2D eigenvalue weighted by molar-refractivity contribution is -0.187. The van der Waals surface area contributed by atoms with Crippen LogP contribution in [0.3, 0.4) is 0 Å². The van der Waals surface area contributed by atoms with Gasteiger partial charge in [0.05, 0.1) is 39.3 Å². The Hall–Kier alpha value is -4.48. The highest BCUT2D eigenvalue weighted by Crippen LogP contribution is 2.67. The molecule has 0 spiro atoms. The van der Waals surface area contributed by atoms with Gasteiger partial charge in [-0.2, -0.15) is 0 Å². The molecule has 2 saturated carbocycles. The molecule has 4 fully saturated rings. The Labute approximate surface area is 304 Å². The van der Waals surface area contributed by atoms with Gasteiger partial charge < -0.3 is 37.9 Å². The van der Waals surface area contributed by atoms with Crippen molar-refractivity contribution in [3.63, 3.8) is 0 Å². The average Bonchev–Trinajstić information content (AvgIpc) is 3.58. The molecule has 4 aliphatic rings. The van der Waals surface area contributed by atoms with Gasteiger partial charge in [0.15, 0.2) is 23.0 Å². The van der Waals surface area contributed by atoms with Crippen LogP contribution in [-0.2, 0) is 38.1 Å². The molecule has 2 aromatic rings. The standard InChI is InChI=1S/C40H50O12/c1-21(49-33(43)39-15-13-37(7,31(41)51-39)35(39,3)4)23-17-25(29(47-11)27(19-23)45-9)26-18-24(20-28(46-10)30(26)48-12)22(2)50-34(44)40-16-14-38(8,32(42)52-40)36(40,5)6/h17-22H,13-16H2,1-12H3/t21-,22-,37+,38+,39-,40-/m0/s1. The van der Waals surface area contributed by atoms with Gasteiger partial charge in [0, 0.05) is 22.0 Å². The predicted molar refractivity (Wildman–Crippen MR) is 187 cm³/mol. The molecule has 282 valence electrons. The Morgan fingerprint density at radius 1 is 0.577 bits per heavy atom. The van der Waals surface area contributed by atoms with Crippen LogP contribution < -0.4 is 18.9 Å². The summed E-state index contributed by atoms with van der Waals surface area (Å²) >= 11 is 0. The van der Waals surface area contributed by atoms with E-state index < -0.39 is 68.9 Å². The average molecular weight is 723 g/mol. The monoisotopic (exact) mass is 722 g/mol. The zero-order chi connectivity index (χ0) is 38.4. The maximum atomic E-state index is 13.9. The van der Waals surface area contributed by atoms with Gasteiger partial charge in [0.25, 0.3) is 0 Å². The molecule has 0 aromatic heterocycles. The zero-order valence-electron chi connectivity index (χ0n) is 32.2. The maximum absolute atomic E-state index is 13.9. The van der Waals surface area contributed by atoms with Crippen molar-refractivity contribution in [2.45, 2.75) is 104 Å². The molecule has 0 N–H and O–H groups in total. The van der Waals surface area contributed by atoms with E-state index in [1.807, 2.05) is 41.5 Å².